The molecular weight excluding hydrogens is 277 g/mol. The molecule has 1 aromatic carbocycles. The van der Waals surface area contributed by atoms with Gasteiger partial charge in [0.2, 0.25) is 0 Å². The predicted octanol–water partition coefficient (Wildman–Crippen LogP) is 4.10. The van der Waals surface area contributed by atoms with Crippen molar-refractivity contribution in [2.45, 2.75) is 42.6 Å². The molecule has 0 amide bonds. The highest BCUT2D eigenvalue weighted by molar-refractivity contribution is 8.07. The van der Waals surface area contributed by atoms with Gasteiger partial charge in [0.1, 0.15) is 5.82 Å². The standard InChI is InChI=1S/C15H22FNS2/c1-4-17-15(12-5-7-13(16)8-6-12)14-9-18-10(2)11(3)19-14/h5-8,10-11,14-15,17H,4,9H2,1-3H3. The van der Waals surface area contributed by atoms with Gasteiger partial charge in [-0.05, 0) is 24.2 Å². The highest BCUT2D eigenvalue weighted by Gasteiger charge is 2.31. The summed E-state index contributed by atoms with van der Waals surface area (Å²) in [6.07, 6.45) is 0. The van der Waals surface area contributed by atoms with Crippen LogP contribution in [-0.2, 0) is 0 Å². The molecule has 4 atom stereocenters. The molecule has 1 fully saturated rings. The predicted molar refractivity (Wildman–Crippen MR) is 85.6 cm³/mol. The van der Waals surface area contributed by atoms with E-state index in [0.717, 1.165) is 17.5 Å². The Labute approximate surface area is 124 Å². The van der Waals surface area contributed by atoms with Crippen molar-refractivity contribution in [3.05, 3.63) is 35.6 Å². The first-order valence-electron chi connectivity index (χ1n) is 6.87. The summed E-state index contributed by atoms with van der Waals surface area (Å²) < 4.78 is 13.1. The minimum atomic E-state index is -0.160. The Hall–Kier alpha value is -0.190. The van der Waals surface area contributed by atoms with Crippen LogP contribution in [0, 0.1) is 5.82 Å². The van der Waals surface area contributed by atoms with Gasteiger partial charge in [-0.3, -0.25) is 0 Å². The van der Waals surface area contributed by atoms with Gasteiger partial charge in [0, 0.05) is 27.5 Å². The highest BCUT2D eigenvalue weighted by Crippen LogP contribution is 2.41. The molecule has 1 aromatic rings. The van der Waals surface area contributed by atoms with E-state index in [2.05, 4.69) is 49.6 Å². The van der Waals surface area contributed by atoms with E-state index >= 15 is 0 Å². The SMILES string of the molecule is CCNC(c1ccc(F)cc1)C1CSC(C)C(C)S1. The first kappa shape index (κ1) is 15.2. The van der Waals surface area contributed by atoms with E-state index in [9.17, 15) is 4.39 Å². The molecule has 0 aliphatic carbocycles. The topological polar surface area (TPSA) is 12.0 Å². The summed E-state index contributed by atoms with van der Waals surface area (Å²) in [5.41, 5.74) is 1.20. The van der Waals surface area contributed by atoms with Crippen molar-refractivity contribution in [2.24, 2.45) is 0 Å². The van der Waals surface area contributed by atoms with Gasteiger partial charge in [-0.15, -0.1) is 0 Å². The average Bonchev–Trinajstić information content (AvgIpc) is 2.41. The molecule has 19 heavy (non-hydrogen) atoms. The molecule has 0 aromatic heterocycles. The van der Waals surface area contributed by atoms with Crippen molar-refractivity contribution in [3.8, 4) is 0 Å². The third-order valence-electron chi connectivity index (χ3n) is 3.60. The van der Waals surface area contributed by atoms with Crippen molar-refractivity contribution in [1.29, 1.82) is 0 Å². The zero-order valence-corrected chi connectivity index (χ0v) is 13.4. The molecule has 0 bridgehead atoms. The molecule has 1 heterocycles. The molecule has 1 N–H and O–H groups in total. The second-order valence-corrected chi connectivity index (χ2v) is 8.04. The summed E-state index contributed by atoms with van der Waals surface area (Å²) >= 11 is 4.12. The number of benzene rings is 1. The van der Waals surface area contributed by atoms with Gasteiger partial charge in [0.15, 0.2) is 0 Å². The van der Waals surface area contributed by atoms with Crippen molar-refractivity contribution < 1.29 is 4.39 Å². The number of halogens is 1. The van der Waals surface area contributed by atoms with Crippen LogP contribution in [0.1, 0.15) is 32.4 Å². The second kappa shape index (κ2) is 7.00. The molecule has 106 valence electrons. The number of hydrogen-bond acceptors (Lipinski definition) is 3. The zero-order chi connectivity index (χ0) is 13.8. The molecule has 4 heteroatoms. The lowest BCUT2D eigenvalue weighted by atomic mass is 10.0. The van der Waals surface area contributed by atoms with Gasteiger partial charge in [0.25, 0.3) is 0 Å². The minimum Gasteiger partial charge on any atom is -0.309 e. The lowest BCUT2D eigenvalue weighted by molar-refractivity contribution is 0.545. The fourth-order valence-electron chi connectivity index (χ4n) is 2.34. The number of hydrogen-bond donors (Lipinski definition) is 1. The maximum Gasteiger partial charge on any atom is 0.123 e. The highest BCUT2D eigenvalue weighted by atomic mass is 32.2. The summed E-state index contributed by atoms with van der Waals surface area (Å²) in [7, 11) is 0. The number of thioether (sulfide) groups is 2. The first-order valence-corrected chi connectivity index (χ1v) is 8.87. The average molecular weight is 299 g/mol. The Balaban J connectivity index is 2.13. The Morgan fingerprint density at radius 3 is 2.53 bits per heavy atom. The van der Waals surface area contributed by atoms with E-state index < -0.39 is 0 Å². The van der Waals surface area contributed by atoms with E-state index in [1.165, 1.54) is 5.56 Å². The van der Waals surface area contributed by atoms with Crippen molar-refractivity contribution in [2.75, 3.05) is 12.3 Å². The van der Waals surface area contributed by atoms with Gasteiger partial charge in [-0.2, -0.15) is 23.5 Å². The molecule has 1 aliphatic heterocycles. The fraction of sp³-hybridized carbons (Fsp3) is 0.600. The summed E-state index contributed by atoms with van der Waals surface area (Å²) in [6, 6.07) is 7.27. The fourth-order valence-corrected chi connectivity index (χ4v) is 5.45. The summed E-state index contributed by atoms with van der Waals surface area (Å²) in [5, 5.41) is 5.51. The van der Waals surface area contributed by atoms with Crippen LogP contribution in [0.25, 0.3) is 0 Å². The molecule has 0 saturated carbocycles. The lowest BCUT2D eigenvalue weighted by Crippen LogP contribution is -2.37. The molecule has 1 nitrogen and oxygen atoms in total. The first-order chi connectivity index (χ1) is 9.11. The quantitative estimate of drug-likeness (QED) is 0.899. The molecule has 0 radical (unpaired) electrons. The molecular formula is C15H22FNS2. The summed E-state index contributed by atoms with van der Waals surface area (Å²) in [5.74, 6) is 0.997. The van der Waals surface area contributed by atoms with Crippen LogP contribution in [0.4, 0.5) is 4.39 Å². The third kappa shape index (κ3) is 3.89. The Bertz CT molecular complexity index is 396. The van der Waals surface area contributed by atoms with E-state index in [4.69, 9.17) is 0 Å². The molecule has 1 aliphatic rings. The maximum atomic E-state index is 13.1. The molecule has 1 saturated heterocycles. The van der Waals surface area contributed by atoms with Gasteiger partial charge in [-0.25, -0.2) is 4.39 Å². The molecule has 2 rings (SSSR count). The minimum absolute atomic E-state index is 0.160. The normalized spacial score (nSPS) is 29.2. The second-order valence-electron chi connectivity index (χ2n) is 5.01. The smallest absolute Gasteiger partial charge is 0.123 e. The monoisotopic (exact) mass is 299 g/mol. The summed E-state index contributed by atoms with van der Waals surface area (Å²) in [6.45, 7) is 7.68. The van der Waals surface area contributed by atoms with E-state index in [-0.39, 0.29) is 5.82 Å². The van der Waals surface area contributed by atoms with Gasteiger partial charge in [0.05, 0.1) is 0 Å². The van der Waals surface area contributed by atoms with Crippen LogP contribution < -0.4 is 5.32 Å². The van der Waals surface area contributed by atoms with Crippen molar-refractivity contribution >= 4 is 23.5 Å². The largest absolute Gasteiger partial charge is 0.309 e. The molecule has 4 unspecified atom stereocenters. The lowest BCUT2D eigenvalue weighted by Gasteiger charge is -2.36. The molecule has 0 spiro atoms. The van der Waals surface area contributed by atoms with Crippen LogP contribution in [0.15, 0.2) is 24.3 Å². The van der Waals surface area contributed by atoms with Crippen LogP contribution in [0.3, 0.4) is 0 Å². The number of nitrogens with one attached hydrogen (secondary N) is 1. The Morgan fingerprint density at radius 1 is 1.26 bits per heavy atom. The third-order valence-corrected chi connectivity index (χ3v) is 7.09. The van der Waals surface area contributed by atoms with E-state index in [1.54, 1.807) is 12.1 Å². The Kier molecular flexibility index (Phi) is 5.60. The Morgan fingerprint density at radius 2 is 1.95 bits per heavy atom. The van der Waals surface area contributed by atoms with Gasteiger partial charge in [-0.1, -0.05) is 32.9 Å². The maximum absolute atomic E-state index is 13.1. The summed E-state index contributed by atoms with van der Waals surface area (Å²) in [4.78, 5) is 0. The van der Waals surface area contributed by atoms with Crippen LogP contribution in [-0.4, -0.2) is 28.0 Å². The van der Waals surface area contributed by atoms with E-state index in [0.29, 0.717) is 16.5 Å². The number of rotatable bonds is 4. The van der Waals surface area contributed by atoms with Gasteiger partial charge < -0.3 is 5.32 Å². The van der Waals surface area contributed by atoms with Crippen LogP contribution in [0.2, 0.25) is 0 Å². The van der Waals surface area contributed by atoms with E-state index in [1.807, 2.05) is 12.1 Å². The van der Waals surface area contributed by atoms with Crippen molar-refractivity contribution in [3.63, 3.8) is 0 Å². The zero-order valence-electron chi connectivity index (χ0n) is 11.7. The van der Waals surface area contributed by atoms with Gasteiger partial charge >= 0.3 is 0 Å². The van der Waals surface area contributed by atoms with Crippen LogP contribution >= 0.6 is 23.5 Å². The van der Waals surface area contributed by atoms with Crippen molar-refractivity contribution in [1.82, 2.24) is 5.32 Å². The van der Waals surface area contributed by atoms with Crippen LogP contribution in [0.5, 0.6) is 0 Å².